The Morgan fingerprint density at radius 1 is 1.25 bits per heavy atom. The number of aliphatic hydroxyl groups excluding tert-OH is 1. The van der Waals surface area contributed by atoms with Gasteiger partial charge in [-0.3, -0.25) is 4.90 Å². The van der Waals surface area contributed by atoms with E-state index < -0.39 is 24.1 Å². The Labute approximate surface area is 187 Å². The van der Waals surface area contributed by atoms with E-state index in [4.69, 9.17) is 9.47 Å². The second-order valence-corrected chi connectivity index (χ2v) is 9.03. The molecule has 174 valence electrons. The van der Waals surface area contributed by atoms with Crippen LogP contribution in [0.1, 0.15) is 39.3 Å². The number of allylic oxidation sites excluding steroid dienone is 1. The first kappa shape index (κ1) is 24.2. The van der Waals surface area contributed by atoms with Gasteiger partial charge in [0.25, 0.3) is 5.92 Å². The largest absolute Gasteiger partial charge is 0.471 e. The van der Waals surface area contributed by atoms with Gasteiger partial charge < -0.3 is 14.6 Å². The van der Waals surface area contributed by atoms with Gasteiger partial charge in [-0.2, -0.15) is 8.78 Å². The summed E-state index contributed by atoms with van der Waals surface area (Å²) in [5.41, 5.74) is 0.612. The smallest absolute Gasteiger partial charge is 0.298 e. The van der Waals surface area contributed by atoms with E-state index in [9.17, 15) is 13.9 Å². The molecule has 2 heterocycles. The lowest BCUT2D eigenvalue weighted by Crippen LogP contribution is -2.37. The molecule has 0 radical (unpaired) electrons. The van der Waals surface area contributed by atoms with Crippen LogP contribution in [0.15, 0.2) is 49.1 Å². The molecule has 1 aliphatic heterocycles. The van der Waals surface area contributed by atoms with Crippen molar-refractivity contribution in [2.24, 2.45) is 0 Å². The van der Waals surface area contributed by atoms with Gasteiger partial charge in [0.2, 0.25) is 5.88 Å². The Kier molecular flexibility index (Phi) is 7.27. The number of hydrogen-bond donors (Lipinski definition) is 1. The van der Waals surface area contributed by atoms with Crippen LogP contribution in [0.2, 0.25) is 0 Å². The highest BCUT2D eigenvalue weighted by atomic mass is 19.3. The normalized spacial score (nSPS) is 19.9. The molecule has 0 unspecified atom stereocenters. The van der Waals surface area contributed by atoms with Crippen LogP contribution in [0.5, 0.6) is 5.88 Å². The Balaban J connectivity index is 1.90. The van der Waals surface area contributed by atoms with E-state index in [-0.39, 0.29) is 24.1 Å². The van der Waals surface area contributed by atoms with Crippen molar-refractivity contribution in [1.82, 2.24) is 14.9 Å². The molecule has 0 bridgehead atoms. The number of halogens is 2. The van der Waals surface area contributed by atoms with Crippen molar-refractivity contribution < 1.29 is 23.4 Å². The second-order valence-electron chi connectivity index (χ2n) is 9.03. The van der Waals surface area contributed by atoms with Crippen LogP contribution < -0.4 is 4.74 Å². The van der Waals surface area contributed by atoms with Gasteiger partial charge in [0, 0.05) is 25.4 Å². The minimum atomic E-state index is -3.27. The summed E-state index contributed by atoms with van der Waals surface area (Å²) in [6.45, 7) is 13.8. The van der Waals surface area contributed by atoms with Crippen LogP contribution in [0.25, 0.3) is 11.0 Å². The lowest BCUT2D eigenvalue weighted by molar-refractivity contribution is -0.0661. The molecule has 6 nitrogen and oxygen atoms in total. The molecule has 2 aromatic rings. The summed E-state index contributed by atoms with van der Waals surface area (Å²) < 4.78 is 41.7. The summed E-state index contributed by atoms with van der Waals surface area (Å²) in [4.78, 5) is 10.5. The number of fused-ring (bicyclic) bond motifs is 1. The molecule has 0 amide bonds. The highest BCUT2D eigenvalue weighted by Gasteiger charge is 2.40. The van der Waals surface area contributed by atoms with Gasteiger partial charge in [-0.05, 0) is 38.5 Å². The van der Waals surface area contributed by atoms with Crippen LogP contribution in [0.3, 0.4) is 0 Å². The lowest BCUT2D eigenvalue weighted by Gasteiger charge is -2.29. The fourth-order valence-electron chi connectivity index (χ4n) is 3.64. The third-order valence-electron chi connectivity index (χ3n) is 5.27. The second kappa shape index (κ2) is 9.60. The number of hydrogen-bond acceptors (Lipinski definition) is 6. The van der Waals surface area contributed by atoms with Crippen molar-refractivity contribution in [3.63, 3.8) is 0 Å². The van der Waals surface area contributed by atoms with Crippen LogP contribution in [-0.4, -0.2) is 57.6 Å². The minimum Gasteiger partial charge on any atom is -0.471 e. The number of aromatic nitrogens is 2. The van der Waals surface area contributed by atoms with Gasteiger partial charge in [0.1, 0.15) is 12.8 Å². The van der Waals surface area contributed by atoms with E-state index in [1.165, 1.54) is 0 Å². The summed E-state index contributed by atoms with van der Waals surface area (Å²) in [7, 11) is 0. The molecule has 1 aromatic carbocycles. The lowest BCUT2D eigenvalue weighted by atomic mass is 10.1. The Morgan fingerprint density at radius 3 is 2.50 bits per heavy atom. The number of nitrogens with zero attached hydrogens (tertiary/aromatic N) is 3. The molecule has 32 heavy (non-hydrogen) atoms. The molecule has 0 saturated carbocycles. The summed E-state index contributed by atoms with van der Waals surface area (Å²) in [6, 6.07) is 6.64. The van der Waals surface area contributed by atoms with E-state index in [1.54, 1.807) is 24.3 Å². The van der Waals surface area contributed by atoms with Crippen LogP contribution in [0, 0.1) is 0 Å². The molecule has 0 spiro atoms. The van der Waals surface area contributed by atoms with Crippen molar-refractivity contribution in [3.8, 4) is 5.88 Å². The third kappa shape index (κ3) is 5.68. The standard InChI is InChI=1S/C24H31F2N3O3/c1-6-11-24(25,26)21-22(28-19-10-8-7-9-18(19)27-21)32-17-12-20(16(2)14-30)29(13-17)15-31-23(3,4)5/h6-10,17,20,30H,1-2,11-15H2,3-5H3/t17-,20+/m1/s1. The number of likely N-dealkylation sites (tertiary alicyclic amines) is 1. The zero-order valence-electron chi connectivity index (χ0n) is 18.9. The molecule has 0 aliphatic carbocycles. The number of benzene rings is 1. The van der Waals surface area contributed by atoms with Crippen molar-refractivity contribution in [2.75, 3.05) is 19.9 Å². The quantitative estimate of drug-likeness (QED) is 0.573. The first-order valence-electron chi connectivity index (χ1n) is 10.6. The monoisotopic (exact) mass is 447 g/mol. The van der Waals surface area contributed by atoms with Crippen LogP contribution >= 0.6 is 0 Å². The molecule has 8 heteroatoms. The first-order valence-corrected chi connectivity index (χ1v) is 10.6. The van der Waals surface area contributed by atoms with E-state index in [2.05, 4.69) is 23.1 Å². The van der Waals surface area contributed by atoms with Gasteiger partial charge in [-0.15, -0.1) is 6.58 Å². The molecule has 1 saturated heterocycles. The highest BCUT2D eigenvalue weighted by molar-refractivity contribution is 5.74. The molecular weight excluding hydrogens is 416 g/mol. The maximum atomic E-state index is 14.9. The van der Waals surface area contributed by atoms with E-state index in [0.717, 1.165) is 6.08 Å². The maximum Gasteiger partial charge on any atom is 0.298 e. The maximum absolute atomic E-state index is 14.9. The van der Waals surface area contributed by atoms with Crippen molar-refractivity contribution in [3.05, 3.63) is 54.8 Å². The fourth-order valence-corrected chi connectivity index (χ4v) is 3.64. The van der Waals surface area contributed by atoms with E-state index >= 15 is 0 Å². The Hall–Kier alpha value is -2.42. The first-order chi connectivity index (χ1) is 15.0. The SMILES string of the molecule is C=CCC(F)(F)c1nc2ccccc2nc1O[C@@H]1C[C@@H](C(=C)CO)N(COC(C)(C)C)C1. The Morgan fingerprint density at radius 2 is 1.91 bits per heavy atom. The van der Waals surface area contributed by atoms with Crippen molar-refractivity contribution in [1.29, 1.82) is 0 Å². The number of aliphatic hydroxyl groups is 1. The van der Waals surface area contributed by atoms with Crippen molar-refractivity contribution >= 4 is 11.0 Å². The molecule has 1 aromatic heterocycles. The van der Waals surface area contributed by atoms with Gasteiger partial charge in [-0.25, -0.2) is 9.97 Å². The van der Waals surface area contributed by atoms with Crippen molar-refractivity contribution in [2.45, 2.75) is 57.3 Å². The summed E-state index contributed by atoms with van der Waals surface area (Å²) in [5.74, 6) is -3.46. The van der Waals surface area contributed by atoms with Gasteiger partial charge >= 0.3 is 0 Å². The van der Waals surface area contributed by atoms with Crippen LogP contribution in [0.4, 0.5) is 8.78 Å². The van der Waals surface area contributed by atoms with Crippen LogP contribution in [-0.2, 0) is 10.7 Å². The molecule has 1 N–H and O–H groups in total. The highest BCUT2D eigenvalue weighted by Crippen LogP contribution is 2.38. The molecule has 1 fully saturated rings. The Bertz CT molecular complexity index is 975. The topological polar surface area (TPSA) is 67.7 Å². The summed E-state index contributed by atoms with van der Waals surface area (Å²) >= 11 is 0. The summed E-state index contributed by atoms with van der Waals surface area (Å²) in [5, 5.41) is 9.61. The average Bonchev–Trinajstić information content (AvgIpc) is 3.13. The average molecular weight is 448 g/mol. The van der Waals surface area contributed by atoms with E-state index in [0.29, 0.717) is 36.3 Å². The molecular formula is C24H31F2N3O3. The number of para-hydroxylation sites is 2. The molecule has 3 rings (SSSR count). The van der Waals surface area contributed by atoms with Gasteiger partial charge in [-0.1, -0.05) is 24.8 Å². The molecule has 2 atom stereocenters. The fraction of sp³-hybridized carbons (Fsp3) is 0.500. The van der Waals surface area contributed by atoms with Gasteiger partial charge in [0.15, 0.2) is 5.69 Å². The molecule has 1 aliphatic rings. The van der Waals surface area contributed by atoms with E-state index in [1.807, 2.05) is 25.7 Å². The number of alkyl halides is 2. The minimum absolute atomic E-state index is 0.179. The zero-order chi connectivity index (χ0) is 23.5. The predicted molar refractivity (Wildman–Crippen MR) is 120 cm³/mol. The zero-order valence-corrected chi connectivity index (χ0v) is 18.9. The van der Waals surface area contributed by atoms with Gasteiger partial charge in [0.05, 0.1) is 23.2 Å². The third-order valence-corrected chi connectivity index (χ3v) is 5.27. The predicted octanol–water partition coefficient (Wildman–Crippen LogP) is 4.44. The number of rotatable bonds is 9. The number of ether oxygens (including phenoxy) is 2. The summed E-state index contributed by atoms with van der Waals surface area (Å²) in [6.07, 6.45) is 0.605.